The van der Waals surface area contributed by atoms with Gasteiger partial charge in [0.05, 0.1) is 17.8 Å². The third kappa shape index (κ3) is 3.80. The Kier molecular flexibility index (Phi) is 5.45. The van der Waals surface area contributed by atoms with Crippen LogP contribution in [-0.4, -0.2) is 41.4 Å². The SMILES string of the molecule is CC1CN(C(=O)c2cc(Br)ccc2Br)CC(CBr)O1. The number of carbonyl (C=O) groups excluding carboxylic acids is 1. The third-order valence-electron chi connectivity index (χ3n) is 2.94. The number of amides is 1. The Morgan fingerprint density at radius 2 is 2.16 bits per heavy atom. The minimum absolute atomic E-state index is 0.0364. The maximum absolute atomic E-state index is 12.6. The molecule has 0 aliphatic carbocycles. The molecule has 0 bridgehead atoms. The van der Waals surface area contributed by atoms with E-state index in [0.717, 1.165) is 14.3 Å². The number of hydrogen-bond acceptors (Lipinski definition) is 2. The summed E-state index contributed by atoms with van der Waals surface area (Å²) >= 11 is 10.3. The average molecular weight is 456 g/mol. The van der Waals surface area contributed by atoms with Gasteiger partial charge in [-0.05, 0) is 41.1 Å². The lowest BCUT2D eigenvalue weighted by Gasteiger charge is -2.36. The second-order valence-electron chi connectivity index (χ2n) is 4.56. The number of rotatable bonds is 2. The van der Waals surface area contributed by atoms with E-state index < -0.39 is 0 Å². The summed E-state index contributed by atoms with van der Waals surface area (Å²) in [7, 11) is 0. The molecule has 2 unspecified atom stereocenters. The van der Waals surface area contributed by atoms with Crippen LogP contribution in [0.3, 0.4) is 0 Å². The molecule has 0 N–H and O–H groups in total. The zero-order chi connectivity index (χ0) is 14.0. The van der Waals surface area contributed by atoms with Gasteiger partial charge in [0.1, 0.15) is 0 Å². The Morgan fingerprint density at radius 3 is 2.84 bits per heavy atom. The van der Waals surface area contributed by atoms with E-state index in [1.165, 1.54) is 0 Å². The normalized spacial score (nSPS) is 23.5. The van der Waals surface area contributed by atoms with Gasteiger partial charge in [-0.25, -0.2) is 0 Å². The molecule has 1 aromatic carbocycles. The lowest BCUT2D eigenvalue weighted by atomic mass is 10.1. The van der Waals surface area contributed by atoms with Gasteiger partial charge in [-0.15, -0.1) is 0 Å². The van der Waals surface area contributed by atoms with Crippen LogP contribution in [-0.2, 0) is 4.74 Å². The van der Waals surface area contributed by atoms with Gasteiger partial charge in [-0.2, -0.15) is 0 Å². The van der Waals surface area contributed by atoms with Crippen molar-refractivity contribution in [2.45, 2.75) is 19.1 Å². The maximum Gasteiger partial charge on any atom is 0.255 e. The van der Waals surface area contributed by atoms with Crippen LogP contribution in [0.25, 0.3) is 0 Å². The zero-order valence-electron chi connectivity index (χ0n) is 10.4. The number of nitrogens with zero attached hydrogens (tertiary/aromatic N) is 1. The fraction of sp³-hybridized carbons (Fsp3) is 0.462. The zero-order valence-corrected chi connectivity index (χ0v) is 15.2. The minimum Gasteiger partial charge on any atom is -0.371 e. The second-order valence-corrected chi connectivity index (χ2v) is 6.97. The number of ether oxygens (including phenoxy) is 1. The molecule has 6 heteroatoms. The van der Waals surface area contributed by atoms with Crippen LogP contribution in [0.1, 0.15) is 17.3 Å². The van der Waals surface area contributed by atoms with Crippen molar-refractivity contribution in [1.82, 2.24) is 4.90 Å². The van der Waals surface area contributed by atoms with E-state index in [1.54, 1.807) is 0 Å². The highest BCUT2D eigenvalue weighted by Gasteiger charge is 2.29. The highest BCUT2D eigenvalue weighted by atomic mass is 79.9. The molecule has 1 aromatic rings. The van der Waals surface area contributed by atoms with Crippen LogP contribution in [0.5, 0.6) is 0 Å². The Labute approximate surface area is 138 Å². The maximum atomic E-state index is 12.6. The van der Waals surface area contributed by atoms with Crippen molar-refractivity contribution in [1.29, 1.82) is 0 Å². The molecule has 1 aliphatic heterocycles. The van der Waals surface area contributed by atoms with Crippen molar-refractivity contribution < 1.29 is 9.53 Å². The van der Waals surface area contributed by atoms with Gasteiger partial charge in [0.2, 0.25) is 0 Å². The van der Waals surface area contributed by atoms with Crippen molar-refractivity contribution in [3.63, 3.8) is 0 Å². The Balaban J connectivity index is 2.21. The first-order chi connectivity index (χ1) is 9.01. The molecule has 3 nitrogen and oxygen atoms in total. The first-order valence-corrected chi connectivity index (χ1v) is 8.67. The predicted octanol–water partition coefficient (Wildman–Crippen LogP) is 3.84. The topological polar surface area (TPSA) is 29.5 Å². The van der Waals surface area contributed by atoms with E-state index in [9.17, 15) is 4.79 Å². The number of halogens is 3. The summed E-state index contributed by atoms with van der Waals surface area (Å²) in [4.78, 5) is 14.4. The molecular weight excluding hydrogens is 442 g/mol. The summed E-state index contributed by atoms with van der Waals surface area (Å²) in [6.45, 7) is 3.24. The van der Waals surface area contributed by atoms with Gasteiger partial charge in [0.15, 0.2) is 0 Å². The summed E-state index contributed by atoms with van der Waals surface area (Å²) in [6, 6.07) is 5.63. The number of alkyl halides is 1. The standard InChI is InChI=1S/C13H14Br3NO2/c1-8-6-17(7-10(5-14)19-8)13(18)11-4-9(15)2-3-12(11)16/h2-4,8,10H,5-7H2,1H3. The summed E-state index contributed by atoms with van der Waals surface area (Å²) in [6.07, 6.45) is 0.116. The molecule has 1 saturated heterocycles. The Bertz CT molecular complexity index is 481. The van der Waals surface area contributed by atoms with Crippen LogP contribution in [0.2, 0.25) is 0 Å². The summed E-state index contributed by atoms with van der Waals surface area (Å²) in [5, 5.41) is 0.737. The van der Waals surface area contributed by atoms with Gasteiger partial charge < -0.3 is 9.64 Å². The minimum atomic E-state index is 0.0364. The van der Waals surface area contributed by atoms with Gasteiger partial charge in [0.25, 0.3) is 5.91 Å². The fourth-order valence-corrected chi connectivity index (χ4v) is 3.26. The summed E-state index contributed by atoms with van der Waals surface area (Å²) in [5.74, 6) is 0.0364. The van der Waals surface area contributed by atoms with Crippen LogP contribution in [0.15, 0.2) is 27.1 Å². The van der Waals surface area contributed by atoms with Crippen LogP contribution < -0.4 is 0 Å². The molecule has 1 fully saturated rings. The van der Waals surface area contributed by atoms with Gasteiger partial charge in [0, 0.05) is 27.4 Å². The third-order valence-corrected chi connectivity index (χ3v) is 4.85. The van der Waals surface area contributed by atoms with E-state index in [1.807, 2.05) is 30.0 Å². The molecule has 1 amide bonds. The van der Waals surface area contributed by atoms with Crippen LogP contribution >= 0.6 is 47.8 Å². The quantitative estimate of drug-likeness (QED) is 0.634. The summed E-state index contributed by atoms with van der Waals surface area (Å²) in [5.41, 5.74) is 0.678. The molecule has 2 atom stereocenters. The van der Waals surface area contributed by atoms with Crippen LogP contribution in [0, 0.1) is 0 Å². The smallest absolute Gasteiger partial charge is 0.255 e. The van der Waals surface area contributed by atoms with Crippen molar-refractivity contribution >= 4 is 53.7 Å². The molecule has 0 radical (unpaired) electrons. The van der Waals surface area contributed by atoms with E-state index in [4.69, 9.17) is 4.74 Å². The Morgan fingerprint density at radius 1 is 1.42 bits per heavy atom. The highest BCUT2D eigenvalue weighted by molar-refractivity contribution is 9.11. The van der Waals surface area contributed by atoms with E-state index >= 15 is 0 Å². The Hall–Kier alpha value is 0.0900. The van der Waals surface area contributed by atoms with Crippen molar-refractivity contribution in [2.24, 2.45) is 0 Å². The van der Waals surface area contributed by atoms with Crippen LogP contribution in [0.4, 0.5) is 0 Å². The van der Waals surface area contributed by atoms with E-state index in [-0.39, 0.29) is 18.1 Å². The molecule has 0 saturated carbocycles. The van der Waals surface area contributed by atoms with E-state index in [2.05, 4.69) is 47.8 Å². The van der Waals surface area contributed by atoms with Gasteiger partial charge in [-0.1, -0.05) is 31.9 Å². The molecule has 1 aliphatic rings. The molecule has 0 spiro atoms. The van der Waals surface area contributed by atoms with Crippen molar-refractivity contribution in [3.8, 4) is 0 Å². The summed E-state index contributed by atoms with van der Waals surface area (Å²) < 4.78 is 7.46. The number of carbonyl (C=O) groups is 1. The molecule has 0 aromatic heterocycles. The predicted molar refractivity (Wildman–Crippen MR) is 85.9 cm³/mol. The van der Waals surface area contributed by atoms with Gasteiger partial charge in [-0.3, -0.25) is 4.79 Å². The number of morpholine rings is 1. The van der Waals surface area contributed by atoms with E-state index in [0.29, 0.717) is 18.7 Å². The van der Waals surface area contributed by atoms with Crippen molar-refractivity contribution in [2.75, 3.05) is 18.4 Å². The monoisotopic (exact) mass is 453 g/mol. The average Bonchev–Trinajstić information content (AvgIpc) is 2.40. The number of hydrogen-bond donors (Lipinski definition) is 0. The molecule has 1 heterocycles. The molecular formula is C13H14Br3NO2. The number of benzene rings is 1. The molecule has 19 heavy (non-hydrogen) atoms. The lowest BCUT2D eigenvalue weighted by molar-refractivity contribution is -0.0559. The fourth-order valence-electron chi connectivity index (χ4n) is 2.13. The highest BCUT2D eigenvalue weighted by Crippen LogP contribution is 2.24. The van der Waals surface area contributed by atoms with Gasteiger partial charge >= 0.3 is 0 Å². The first kappa shape index (κ1) is 15.5. The second kappa shape index (κ2) is 6.70. The molecule has 2 rings (SSSR count). The largest absolute Gasteiger partial charge is 0.371 e. The first-order valence-electron chi connectivity index (χ1n) is 5.97. The lowest BCUT2D eigenvalue weighted by Crippen LogP contribution is -2.49. The van der Waals surface area contributed by atoms with Crippen molar-refractivity contribution in [3.05, 3.63) is 32.7 Å². The molecule has 104 valence electrons.